The number of nitrogens with zero attached hydrogens (tertiary/aromatic N) is 2. The van der Waals surface area contributed by atoms with Crippen LogP contribution in [0.4, 0.5) is 5.69 Å². The number of oxazole rings is 1. The first-order valence-electron chi connectivity index (χ1n) is 10.1. The molecule has 2 heterocycles. The summed E-state index contributed by atoms with van der Waals surface area (Å²) in [7, 11) is 0. The van der Waals surface area contributed by atoms with Gasteiger partial charge in [0.25, 0.3) is 5.52 Å². The van der Waals surface area contributed by atoms with Crippen molar-refractivity contribution in [3.8, 4) is 5.75 Å². The van der Waals surface area contributed by atoms with E-state index in [-0.39, 0.29) is 6.42 Å². The topological polar surface area (TPSA) is 66.8 Å². The van der Waals surface area contributed by atoms with Gasteiger partial charge in [0.2, 0.25) is 11.5 Å². The summed E-state index contributed by atoms with van der Waals surface area (Å²) in [6, 6.07) is 12.0. The number of benzene rings is 2. The minimum absolute atomic E-state index is 0.0244. The van der Waals surface area contributed by atoms with Crippen LogP contribution in [0.1, 0.15) is 30.4 Å². The second-order valence-corrected chi connectivity index (χ2v) is 7.39. The lowest BCUT2D eigenvalue weighted by Gasteiger charge is -2.15. The second-order valence-electron chi connectivity index (χ2n) is 7.39. The molecule has 154 valence electrons. The van der Waals surface area contributed by atoms with E-state index in [1.165, 1.54) is 5.56 Å². The Kier molecular flexibility index (Phi) is 5.31. The summed E-state index contributed by atoms with van der Waals surface area (Å²) < 4.78 is 13.9. The third-order valence-electron chi connectivity index (χ3n) is 5.11. The number of anilines is 1. The molecule has 6 nitrogen and oxygen atoms in total. The standard InChI is InChI=1S/C24H24N2O4/c1-4-25-18-14-16(2)8-10-20(18)29-22(25)6-5-7-23-26(13-12-24(27)28)19-15-17(3)9-11-21(19)30-23/h5-11,14-15H,4,12-13H2,1-3H3/p+1. The molecular weight excluding hydrogens is 380 g/mol. The van der Waals surface area contributed by atoms with Gasteiger partial charge in [-0.15, -0.1) is 0 Å². The molecule has 0 bridgehead atoms. The number of allylic oxidation sites excluding steroid dienone is 2. The number of rotatable bonds is 6. The summed E-state index contributed by atoms with van der Waals surface area (Å²) in [4.78, 5) is 13.2. The first kappa shape index (κ1) is 19.8. The summed E-state index contributed by atoms with van der Waals surface area (Å²) >= 11 is 0. The Labute approximate surface area is 175 Å². The molecule has 0 aliphatic carbocycles. The Morgan fingerprint density at radius 3 is 2.70 bits per heavy atom. The molecule has 6 heteroatoms. The van der Waals surface area contributed by atoms with E-state index in [1.807, 2.05) is 60.1 Å². The molecular formula is C24H25N2O4+. The molecule has 1 N–H and O–H groups in total. The molecule has 1 aliphatic rings. The highest BCUT2D eigenvalue weighted by atomic mass is 16.5. The van der Waals surface area contributed by atoms with Crippen LogP contribution in [0, 0.1) is 13.8 Å². The van der Waals surface area contributed by atoms with E-state index in [2.05, 4.69) is 24.8 Å². The average molecular weight is 405 g/mol. The van der Waals surface area contributed by atoms with E-state index in [0.717, 1.165) is 40.5 Å². The van der Waals surface area contributed by atoms with Crippen molar-refractivity contribution >= 4 is 28.8 Å². The molecule has 0 fully saturated rings. The quantitative estimate of drug-likeness (QED) is 0.608. The van der Waals surface area contributed by atoms with Crippen molar-refractivity contribution in [2.45, 2.75) is 33.7 Å². The van der Waals surface area contributed by atoms with Gasteiger partial charge in [-0.3, -0.25) is 4.79 Å². The zero-order valence-electron chi connectivity index (χ0n) is 17.4. The summed E-state index contributed by atoms with van der Waals surface area (Å²) in [6.07, 6.45) is 5.64. The largest absolute Gasteiger partial charge is 0.481 e. The lowest BCUT2D eigenvalue weighted by atomic mass is 10.2. The third-order valence-corrected chi connectivity index (χ3v) is 5.11. The third kappa shape index (κ3) is 3.81. The van der Waals surface area contributed by atoms with Gasteiger partial charge in [0.15, 0.2) is 12.3 Å². The zero-order valence-corrected chi connectivity index (χ0v) is 17.4. The highest BCUT2D eigenvalue weighted by molar-refractivity contribution is 5.71. The molecule has 0 radical (unpaired) electrons. The van der Waals surface area contributed by atoms with Crippen LogP contribution in [0.2, 0.25) is 0 Å². The number of hydrogen-bond donors (Lipinski definition) is 1. The van der Waals surface area contributed by atoms with Crippen LogP contribution in [0.25, 0.3) is 17.2 Å². The van der Waals surface area contributed by atoms with Crippen molar-refractivity contribution < 1.29 is 23.6 Å². The predicted molar refractivity (Wildman–Crippen MR) is 115 cm³/mol. The number of ether oxygens (including phenoxy) is 1. The van der Waals surface area contributed by atoms with Crippen molar-refractivity contribution in [1.82, 2.24) is 0 Å². The van der Waals surface area contributed by atoms with Gasteiger partial charge in [-0.1, -0.05) is 12.1 Å². The molecule has 0 saturated heterocycles. The summed E-state index contributed by atoms with van der Waals surface area (Å²) in [5, 5.41) is 9.12. The van der Waals surface area contributed by atoms with Gasteiger partial charge in [0.1, 0.15) is 6.42 Å². The number of aliphatic carboxylic acids is 1. The minimum atomic E-state index is -0.840. The van der Waals surface area contributed by atoms with Gasteiger partial charge in [0.05, 0.1) is 11.8 Å². The Balaban J connectivity index is 1.65. The predicted octanol–water partition coefficient (Wildman–Crippen LogP) is 4.59. The second kappa shape index (κ2) is 8.06. The van der Waals surface area contributed by atoms with Crippen molar-refractivity contribution in [3.63, 3.8) is 0 Å². The van der Waals surface area contributed by atoms with Crippen LogP contribution in [0.5, 0.6) is 5.75 Å². The van der Waals surface area contributed by atoms with Crippen LogP contribution in [0.3, 0.4) is 0 Å². The van der Waals surface area contributed by atoms with Gasteiger partial charge in [0, 0.05) is 12.6 Å². The molecule has 0 amide bonds. The molecule has 30 heavy (non-hydrogen) atoms. The molecule has 0 spiro atoms. The van der Waals surface area contributed by atoms with E-state index < -0.39 is 5.97 Å². The fraction of sp³-hybridized carbons (Fsp3) is 0.250. The zero-order chi connectivity index (χ0) is 21.3. The van der Waals surface area contributed by atoms with Crippen LogP contribution in [0.15, 0.2) is 58.9 Å². The first-order chi connectivity index (χ1) is 14.5. The van der Waals surface area contributed by atoms with E-state index in [0.29, 0.717) is 12.4 Å². The van der Waals surface area contributed by atoms with E-state index in [9.17, 15) is 4.79 Å². The van der Waals surface area contributed by atoms with Crippen molar-refractivity contribution in [1.29, 1.82) is 0 Å². The highest BCUT2D eigenvalue weighted by Crippen LogP contribution is 2.39. The number of hydrogen-bond acceptors (Lipinski definition) is 4. The van der Waals surface area contributed by atoms with Gasteiger partial charge < -0.3 is 19.2 Å². The number of aromatic nitrogens is 1. The van der Waals surface area contributed by atoms with Crippen molar-refractivity contribution in [3.05, 3.63) is 71.5 Å². The Morgan fingerprint density at radius 1 is 1.17 bits per heavy atom. The number of carboxylic acids is 1. The molecule has 2 aromatic carbocycles. The maximum Gasteiger partial charge on any atom is 0.374 e. The molecule has 1 aromatic heterocycles. The van der Waals surface area contributed by atoms with Crippen molar-refractivity contribution in [2.24, 2.45) is 0 Å². The average Bonchev–Trinajstić information content (AvgIpc) is 3.22. The highest BCUT2D eigenvalue weighted by Gasteiger charge is 2.25. The van der Waals surface area contributed by atoms with Gasteiger partial charge in [-0.05, 0) is 62.2 Å². The fourth-order valence-corrected chi connectivity index (χ4v) is 3.65. The van der Waals surface area contributed by atoms with Crippen LogP contribution in [-0.4, -0.2) is 17.6 Å². The Bertz CT molecular complexity index is 1170. The smallest absolute Gasteiger partial charge is 0.374 e. The number of carbonyl (C=O) groups is 1. The molecule has 0 saturated carbocycles. The van der Waals surface area contributed by atoms with E-state index in [4.69, 9.17) is 14.3 Å². The van der Waals surface area contributed by atoms with Gasteiger partial charge in [-0.25, -0.2) is 0 Å². The monoisotopic (exact) mass is 405 g/mol. The lowest BCUT2D eigenvalue weighted by Crippen LogP contribution is -2.36. The van der Waals surface area contributed by atoms with E-state index >= 15 is 0 Å². The maximum absolute atomic E-state index is 11.1. The normalized spacial score (nSPS) is 14.6. The summed E-state index contributed by atoms with van der Waals surface area (Å²) in [5.74, 6) is 1.35. The molecule has 1 aliphatic heterocycles. The molecule has 0 unspecified atom stereocenters. The molecule has 0 atom stereocenters. The fourth-order valence-electron chi connectivity index (χ4n) is 3.65. The molecule has 3 aromatic rings. The van der Waals surface area contributed by atoms with Crippen LogP contribution >= 0.6 is 0 Å². The number of fused-ring (bicyclic) bond motifs is 2. The maximum atomic E-state index is 11.1. The lowest BCUT2D eigenvalue weighted by molar-refractivity contribution is -0.677. The number of aryl methyl sites for hydroxylation is 3. The van der Waals surface area contributed by atoms with Crippen LogP contribution < -0.4 is 14.2 Å². The first-order valence-corrected chi connectivity index (χ1v) is 10.1. The van der Waals surface area contributed by atoms with Gasteiger partial charge >= 0.3 is 11.9 Å². The van der Waals surface area contributed by atoms with Gasteiger partial charge in [-0.2, -0.15) is 4.57 Å². The number of carboxylic acid groups (broad SMARTS) is 1. The Hall–Kier alpha value is -3.54. The SMILES string of the molecule is CCN1C(=CC=Cc2oc3ccc(C)cc3[n+]2CCC(=O)O)Oc2ccc(C)cc21. The van der Waals surface area contributed by atoms with Crippen LogP contribution in [-0.2, 0) is 11.3 Å². The van der Waals surface area contributed by atoms with E-state index in [1.54, 1.807) is 0 Å². The van der Waals surface area contributed by atoms with Crippen molar-refractivity contribution in [2.75, 3.05) is 11.4 Å². The molecule has 4 rings (SSSR count). The summed E-state index contributed by atoms with van der Waals surface area (Å²) in [5.41, 5.74) is 4.96. The minimum Gasteiger partial charge on any atom is -0.481 e. The summed E-state index contributed by atoms with van der Waals surface area (Å²) in [6.45, 7) is 7.28. The Morgan fingerprint density at radius 2 is 1.93 bits per heavy atom.